The van der Waals surface area contributed by atoms with Crippen molar-refractivity contribution >= 4 is 5.97 Å². The van der Waals surface area contributed by atoms with Gasteiger partial charge in [0, 0.05) is 30.1 Å². The van der Waals surface area contributed by atoms with E-state index in [0.29, 0.717) is 11.5 Å². The summed E-state index contributed by atoms with van der Waals surface area (Å²) in [5, 5.41) is 0. The van der Waals surface area contributed by atoms with Crippen molar-refractivity contribution in [1.29, 1.82) is 0 Å². The molecule has 1 saturated carbocycles. The molecule has 23 heavy (non-hydrogen) atoms. The van der Waals surface area contributed by atoms with E-state index in [1.165, 1.54) is 29.6 Å². The summed E-state index contributed by atoms with van der Waals surface area (Å²) >= 11 is 0. The van der Waals surface area contributed by atoms with E-state index in [2.05, 4.69) is 32.3 Å². The van der Waals surface area contributed by atoms with Crippen molar-refractivity contribution in [3.8, 4) is 0 Å². The number of esters is 1. The largest absolute Gasteiger partial charge is 0.458 e. The summed E-state index contributed by atoms with van der Waals surface area (Å²) in [4.78, 5) is 16.4. The molecule has 0 radical (unpaired) electrons. The Labute approximate surface area is 138 Å². The molecule has 2 aliphatic carbocycles. The van der Waals surface area contributed by atoms with Crippen LogP contribution in [0.2, 0.25) is 0 Å². The molecule has 0 N–H and O–H groups in total. The number of allylic oxidation sites excluding steroid dienone is 2. The molecule has 0 amide bonds. The highest BCUT2D eigenvalue weighted by molar-refractivity contribution is 5.89. The molecular weight excluding hydrogens is 286 g/mol. The summed E-state index contributed by atoms with van der Waals surface area (Å²) in [6, 6.07) is 3.50. The standard InChI is InChI=1S/C20H25NO2/c1-13-7-8-16-14(2)10-18(20(3,4)11-17(13)16)23-19(22)15-6-5-9-21-12-15/h5-6,9,12,16,18H,2,7-8,10-11H2,1,3-4H3/t16-,18-/m1/s1. The Balaban J connectivity index is 1.83. The number of aromatic nitrogens is 1. The Kier molecular flexibility index (Phi) is 4.13. The third-order valence-corrected chi connectivity index (χ3v) is 5.38. The first-order valence-electron chi connectivity index (χ1n) is 8.35. The zero-order chi connectivity index (χ0) is 16.6. The number of carbonyl (C=O) groups excluding carboxylic acids is 1. The average Bonchev–Trinajstić information content (AvgIpc) is 2.83. The number of pyridine rings is 1. The van der Waals surface area contributed by atoms with Crippen molar-refractivity contribution in [2.45, 2.75) is 52.6 Å². The van der Waals surface area contributed by atoms with Gasteiger partial charge < -0.3 is 4.74 Å². The summed E-state index contributed by atoms with van der Waals surface area (Å²) in [5.74, 6) is 0.193. The van der Waals surface area contributed by atoms with Crippen LogP contribution < -0.4 is 0 Å². The minimum atomic E-state index is -0.290. The lowest BCUT2D eigenvalue weighted by Gasteiger charge is -2.32. The zero-order valence-corrected chi connectivity index (χ0v) is 14.3. The summed E-state index contributed by atoms with van der Waals surface area (Å²) in [6.45, 7) is 10.9. The van der Waals surface area contributed by atoms with E-state index in [9.17, 15) is 4.79 Å². The SMILES string of the molecule is C=C1C[C@@H](OC(=O)c2cccnc2)C(C)(C)CC2=C(C)CC[C@H]12. The van der Waals surface area contributed by atoms with E-state index in [0.717, 1.165) is 12.8 Å². The van der Waals surface area contributed by atoms with Crippen LogP contribution in [0.5, 0.6) is 0 Å². The molecule has 1 aromatic heterocycles. The number of hydrogen-bond acceptors (Lipinski definition) is 3. The second-order valence-electron chi connectivity index (χ2n) is 7.56. The van der Waals surface area contributed by atoms with Crippen molar-refractivity contribution < 1.29 is 9.53 Å². The fourth-order valence-electron chi connectivity index (χ4n) is 3.86. The molecule has 0 unspecified atom stereocenters. The van der Waals surface area contributed by atoms with Gasteiger partial charge in [-0.2, -0.15) is 0 Å². The van der Waals surface area contributed by atoms with E-state index >= 15 is 0 Å². The van der Waals surface area contributed by atoms with Crippen LogP contribution >= 0.6 is 0 Å². The molecule has 2 atom stereocenters. The quantitative estimate of drug-likeness (QED) is 0.586. The molecular formula is C20H25NO2. The number of carbonyl (C=O) groups is 1. The topological polar surface area (TPSA) is 39.2 Å². The van der Waals surface area contributed by atoms with Gasteiger partial charge in [-0.15, -0.1) is 0 Å². The third kappa shape index (κ3) is 3.10. The Morgan fingerprint density at radius 3 is 2.91 bits per heavy atom. The molecule has 2 aliphatic rings. The molecule has 122 valence electrons. The second kappa shape index (κ2) is 5.95. The van der Waals surface area contributed by atoms with E-state index in [1.807, 2.05) is 0 Å². The van der Waals surface area contributed by atoms with E-state index in [4.69, 9.17) is 4.74 Å². The van der Waals surface area contributed by atoms with Gasteiger partial charge in [-0.3, -0.25) is 4.98 Å². The summed E-state index contributed by atoms with van der Waals surface area (Å²) in [7, 11) is 0. The first-order chi connectivity index (χ1) is 10.9. The van der Waals surface area contributed by atoms with Gasteiger partial charge in [-0.05, 0) is 38.3 Å². The van der Waals surface area contributed by atoms with Gasteiger partial charge in [0.2, 0.25) is 0 Å². The maximum atomic E-state index is 12.4. The normalized spacial score (nSPS) is 26.7. The van der Waals surface area contributed by atoms with Gasteiger partial charge in [-0.1, -0.05) is 37.1 Å². The Bertz CT molecular complexity index is 657. The van der Waals surface area contributed by atoms with Crippen molar-refractivity contribution in [2.24, 2.45) is 11.3 Å². The Hall–Kier alpha value is -1.90. The fraction of sp³-hybridized carbons (Fsp3) is 0.500. The number of fused-ring (bicyclic) bond motifs is 1. The number of rotatable bonds is 2. The van der Waals surface area contributed by atoms with Crippen molar-refractivity contribution in [2.75, 3.05) is 0 Å². The number of nitrogens with zero attached hydrogens (tertiary/aromatic N) is 1. The fourth-order valence-corrected chi connectivity index (χ4v) is 3.86. The van der Waals surface area contributed by atoms with Crippen LogP contribution in [0.15, 0.2) is 47.8 Å². The summed E-state index contributed by atoms with van der Waals surface area (Å²) in [6.07, 6.45) is 7.14. The molecule has 0 bridgehead atoms. The highest BCUT2D eigenvalue weighted by atomic mass is 16.5. The van der Waals surface area contributed by atoms with E-state index < -0.39 is 0 Å². The van der Waals surface area contributed by atoms with Gasteiger partial charge in [0.1, 0.15) is 6.10 Å². The van der Waals surface area contributed by atoms with Crippen molar-refractivity contribution in [3.05, 3.63) is 53.4 Å². The zero-order valence-electron chi connectivity index (χ0n) is 14.3. The average molecular weight is 311 g/mol. The predicted octanol–water partition coefficient (Wildman–Crippen LogP) is 4.71. The lowest BCUT2D eigenvalue weighted by molar-refractivity contribution is -0.00590. The Morgan fingerprint density at radius 1 is 1.43 bits per heavy atom. The van der Waals surface area contributed by atoms with Gasteiger partial charge in [0.15, 0.2) is 0 Å². The lowest BCUT2D eigenvalue weighted by Crippen LogP contribution is -2.33. The molecule has 1 fully saturated rings. The molecule has 0 aliphatic heterocycles. The number of ether oxygens (including phenoxy) is 1. The highest BCUT2D eigenvalue weighted by Crippen LogP contribution is 2.49. The highest BCUT2D eigenvalue weighted by Gasteiger charge is 2.41. The molecule has 0 spiro atoms. The van der Waals surface area contributed by atoms with Gasteiger partial charge in [-0.25, -0.2) is 4.79 Å². The predicted molar refractivity (Wildman–Crippen MR) is 91.0 cm³/mol. The molecule has 3 nitrogen and oxygen atoms in total. The van der Waals surface area contributed by atoms with E-state index in [-0.39, 0.29) is 17.5 Å². The molecule has 1 aromatic rings. The summed E-state index contributed by atoms with van der Waals surface area (Å²) in [5.41, 5.74) is 4.67. The maximum Gasteiger partial charge on any atom is 0.340 e. The van der Waals surface area contributed by atoms with Crippen molar-refractivity contribution in [3.63, 3.8) is 0 Å². The minimum absolute atomic E-state index is 0.0868. The van der Waals surface area contributed by atoms with Gasteiger partial charge >= 0.3 is 5.97 Å². The molecule has 0 saturated heterocycles. The van der Waals surface area contributed by atoms with Crippen molar-refractivity contribution in [1.82, 2.24) is 4.98 Å². The first kappa shape index (κ1) is 16.0. The van der Waals surface area contributed by atoms with Gasteiger partial charge in [0.05, 0.1) is 5.56 Å². The summed E-state index contributed by atoms with van der Waals surface area (Å²) < 4.78 is 5.88. The van der Waals surface area contributed by atoms with Crippen LogP contribution in [-0.4, -0.2) is 17.1 Å². The third-order valence-electron chi connectivity index (χ3n) is 5.38. The maximum absolute atomic E-state index is 12.4. The van der Waals surface area contributed by atoms with Crippen LogP contribution in [0.1, 0.15) is 56.8 Å². The first-order valence-corrected chi connectivity index (χ1v) is 8.35. The smallest absolute Gasteiger partial charge is 0.340 e. The monoisotopic (exact) mass is 311 g/mol. The molecule has 3 heteroatoms. The van der Waals surface area contributed by atoms with Crippen LogP contribution in [0.4, 0.5) is 0 Å². The molecule has 0 aromatic carbocycles. The second-order valence-corrected chi connectivity index (χ2v) is 7.56. The minimum Gasteiger partial charge on any atom is -0.458 e. The molecule has 1 heterocycles. The van der Waals surface area contributed by atoms with Crippen LogP contribution in [0, 0.1) is 11.3 Å². The molecule has 3 rings (SSSR count). The van der Waals surface area contributed by atoms with E-state index in [1.54, 1.807) is 24.5 Å². The van der Waals surface area contributed by atoms with Crippen LogP contribution in [0.25, 0.3) is 0 Å². The Morgan fingerprint density at radius 2 is 2.22 bits per heavy atom. The lowest BCUT2D eigenvalue weighted by atomic mass is 9.80. The van der Waals surface area contributed by atoms with Crippen LogP contribution in [0.3, 0.4) is 0 Å². The number of hydrogen-bond donors (Lipinski definition) is 0. The van der Waals surface area contributed by atoms with Crippen LogP contribution in [-0.2, 0) is 4.74 Å². The van der Waals surface area contributed by atoms with Gasteiger partial charge in [0.25, 0.3) is 0 Å².